The van der Waals surface area contributed by atoms with Crippen LogP contribution in [0.5, 0.6) is 0 Å². The van der Waals surface area contributed by atoms with Gasteiger partial charge in [-0.3, -0.25) is 0 Å². The van der Waals surface area contributed by atoms with E-state index in [4.69, 9.17) is 0 Å². The third kappa shape index (κ3) is 3.34. The van der Waals surface area contributed by atoms with Gasteiger partial charge >= 0.3 is 5.97 Å². The Morgan fingerprint density at radius 2 is 2.00 bits per heavy atom. The van der Waals surface area contributed by atoms with Crippen LogP contribution in [0.4, 0.5) is 5.69 Å². The summed E-state index contributed by atoms with van der Waals surface area (Å²) < 4.78 is 5.77. The highest BCUT2D eigenvalue weighted by atomic mass is 79.9. The second kappa shape index (κ2) is 6.02. The van der Waals surface area contributed by atoms with Crippen molar-refractivity contribution in [2.24, 2.45) is 0 Å². The van der Waals surface area contributed by atoms with Crippen molar-refractivity contribution in [3.63, 3.8) is 0 Å². The quantitative estimate of drug-likeness (QED) is 0.866. The number of hydrogen-bond acceptors (Lipinski definition) is 4. The van der Waals surface area contributed by atoms with Gasteiger partial charge in [-0.15, -0.1) is 11.3 Å². The molecule has 0 saturated heterocycles. The maximum absolute atomic E-state index is 11.3. The average Bonchev–Trinajstić information content (AvgIpc) is 2.82. The van der Waals surface area contributed by atoms with E-state index >= 15 is 0 Å². The van der Waals surface area contributed by atoms with Crippen LogP contribution in [-0.4, -0.2) is 13.1 Å². The van der Waals surface area contributed by atoms with E-state index in [1.54, 1.807) is 23.5 Å². The maximum Gasteiger partial charge on any atom is 0.337 e. The van der Waals surface area contributed by atoms with Crippen LogP contribution in [0.1, 0.15) is 15.2 Å². The molecule has 94 valence electrons. The number of esters is 1. The number of halogens is 1. The van der Waals surface area contributed by atoms with Crippen LogP contribution in [0.2, 0.25) is 0 Å². The standard InChI is InChI=1S/C13H12BrNO2S/c1-17-13(16)9-2-4-10(5-3-9)15-8-11-6-7-12(14)18-11/h2-7,15H,8H2,1H3. The summed E-state index contributed by atoms with van der Waals surface area (Å²) in [5.74, 6) is -0.316. The Morgan fingerprint density at radius 3 is 2.56 bits per heavy atom. The smallest absolute Gasteiger partial charge is 0.337 e. The molecule has 0 aliphatic carbocycles. The van der Waals surface area contributed by atoms with Crippen LogP contribution in [0.15, 0.2) is 40.2 Å². The molecule has 5 heteroatoms. The molecule has 0 fully saturated rings. The van der Waals surface area contributed by atoms with Crippen molar-refractivity contribution in [3.05, 3.63) is 50.6 Å². The predicted octanol–water partition coefficient (Wildman–Crippen LogP) is 3.91. The zero-order valence-electron chi connectivity index (χ0n) is 9.77. The Labute approximate surface area is 118 Å². The number of carbonyl (C=O) groups is 1. The molecule has 0 atom stereocenters. The summed E-state index contributed by atoms with van der Waals surface area (Å²) in [5, 5.41) is 3.30. The molecule has 1 N–H and O–H groups in total. The highest BCUT2D eigenvalue weighted by Gasteiger charge is 2.04. The van der Waals surface area contributed by atoms with Crippen molar-refractivity contribution < 1.29 is 9.53 Å². The lowest BCUT2D eigenvalue weighted by atomic mass is 10.2. The highest BCUT2D eigenvalue weighted by Crippen LogP contribution is 2.23. The van der Waals surface area contributed by atoms with Crippen LogP contribution in [-0.2, 0) is 11.3 Å². The van der Waals surface area contributed by atoms with Crippen LogP contribution < -0.4 is 5.32 Å². The second-order valence-electron chi connectivity index (χ2n) is 3.63. The molecule has 0 amide bonds. The Bertz CT molecular complexity index is 536. The molecule has 0 aliphatic rings. The molecule has 3 nitrogen and oxygen atoms in total. The molecule has 1 heterocycles. The molecular weight excluding hydrogens is 314 g/mol. The van der Waals surface area contributed by atoms with E-state index in [1.807, 2.05) is 18.2 Å². The van der Waals surface area contributed by atoms with Crippen molar-refractivity contribution in [2.75, 3.05) is 12.4 Å². The van der Waals surface area contributed by atoms with Crippen molar-refractivity contribution in [3.8, 4) is 0 Å². The third-order valence-electron chi connectivity index (χ3n) is 2.40. The molecule has 0 bridgehead atoms. The number of nitrogens with one attached hydrogen (secondary N) is 1. The minimum absolute atomic E-state index is 0.316. The second-order valence-corrected chi connectivity index (χ2v) is 6.18. The van der Waals surface area contributed by atoms with Crippen molar-refractivity contribution in [1.29, 1.82) is 0 Å². The third-order valence-corrected chi connectivity index (χ3v) is 4.03. The topological polar surface area (TPSA) is 38.3 Å². The maximum atomic E-state index is 11.3. The molecule has 1 aromatic heterocycles. The van der Waals surface area contributed by atoms with Gasteiger partial charge in [-0.2, -0.15) is 0 Å². The van der Waals surface area contributed by atoms with Gasteiger partial charge in [0.15, 0.2) is 0 Å². The SMILES string of the molecule is COC(=O)c1ccc(NCc2ccc(Br)s2)cc1. The number of carbonyl (C=O) groups excluding carboxylic acids is 1. The largest absolute Gasteiger partial charge is 0.465 e. The summed E-state index contributed by atoms with van der Waals surface area (Å²) in [6.45, 7) is 0.772. The fraction of sp³-hybridized carbons (Fsp3) is 0.154. The summed E-state index contributed by atoms with van der Waals surface area (Å²) in [4.78, 5) is 12.5. The first-order valence-electron chi connectivity index (χ1n) is 5.35. The van der Waals surface area contributed by atoms with Crippen LogP contribution in [0, 0.1) is 0 Å². The number of thiophene rings is 1. The van der Waals surface area contributed by atoms with Crippen molar-refractivity contribution in [1.82, 2.24) is 0 Å². The van der Waals surface area contributed by atoms with E-state index in [2.05, 4.69) is 32.0 Å². The Morgan fingerprint density at radius 1 is 1.28 bits per heavy atom. The van der Waals surface area contributed by atoms with Gasteiger partial charge in [0.2, 0.25) is 0 Å². The summed E-state index contributed by atoms with van der Waals surface area (Å²) in [6.07, 6.45) is 0. The number of methoxy groups -OCH3 is 1. The molecule has 0 spiro atoms. The fourth-order valence-corrected chi connectivity index (χ4v) is 2.90. The van der Waals surface area contributed by atoms with E-state index in [0.29, 0.717) is 5.56 Å². The molecule has 0 aliphatic heterocycles. The Balaban J connectivity index is 1.96. The van der Waals surface area contributed by atoms with Gasteiger partial charge in [-0.25, -0.2) is 4.79 Å². The van der Waals surface area contributed by atoms with E-state index < -0.39 is 0 Å². The minimum Gasteiger partial charge on any atom is -0.465 e. The van der Waals surface area contributed by atoms with Gasteiger partial charge in [0.1, 0.15) is 0 Å². The molecule has 1 aromatic carbocycles. The summed E-state index contributed by atoms with van der Waals surface area (Å²) in [5.41, 5.74) is 1.54. The van der Waals surface area contributed by atoms with Crippen LogP contribution in [0.3, 0.4) is 0 Å². The normalized spacial score (nSPS) is 10.1. The van der Waals surface area contributed by atoms with Gasteiger partial charge in [0, 0.05) is 17.1 Å². The van der Waals surface area contributed by atoms with Crippen LogP contribution >= 0.6 is 27.3 Å². The molecule has 18 heavy (non-hydrogen) atoms. The average molecular weight is 326 g/mol. The lowest BCUT2D eigenvalue weighted by Crippen LogP contribution is -2.02. The van der Waals surface area contributed by atoms with Gasteiger partial charge < -0.3 is 10.1 Å². The monoisotopic (exact) mass is 325 g/mol. The molecule has 2 rings (SSSR count). The molecule has 0 unspecified atom stereocenters. The molecule has 2 aromatic rings. The lowest BCUT2D eigenvalue weighted by Gasteiger charge is -2.05. The van der Waals surface area contributed by atoms with Gasteiger partial charge in [-0.1, -0.05) is 0 Å². The summed E-state index contributed by atoms with van der Waals surface area (Å²) in [7, 11) is 1.38. The first kappa shape index (κ1) is 13.1. The number of anilines is 1. The van der Waals surface area contributed by atoms with E-state index in [-0.39, 0.29) is 5.97 Å². The zero-order valence-corrected chi connectivity index (χ0v) is 12.2. The number of benzene rings is 1. The van der Waals surface area contributed by atoms with E-state index in [1.165, 1.54) is 12.0 Å². The van der Waals surface area contributed by atoms with Crippen molar-refractivity contribution >= 4 is 38.9 Å². The number of ether oxygens (including phenoxy) is 1. The van der Waals surface area contributed by atoms with Crippen LogP contribution in [0.25, 0.3) is 0 Å². The lowest BCUT2D eigenvalue weighted by molar-refractivity contribution is 0.0601. The first-order valence-corrected chi connectivity index (χ1v) is 6.96. The van der Waals surface area contributed by atoms with E-state index in [0.717, 1.165) is 16.0 Å². The fourth-order valence-electron chi connectivity index (χ4n) is 1.48. The minimum atomic E-state index is -0.316. The highest BCUT2D eigenvalue weighted by molar-refractivity contribution is 9.11. The summed E-state index contributed by atoms with van der Waals surface area (Å²) in [6, 6.07) is 11.3. The Hall–Kier alpha value is -1.33. The van der Waals surface area contributed by atoms with Gasteiger partial charge in [-0.05, 0) is 52.3 Å². The predicted molar refractivity (Wildman–Crippen MR) is 77.1 cm³/mol. The molecule has 0 saturated carbocycles. The van der Waals surface area contributed by atoms with E-state index in [9.17, 15) is 4.79 Å². The summed E-state index contributed by atoms with van der Waals surface area (Å²) >= 11 is 5.13. The van der Waals surface area contributed by atoms with Crippen molar-refractivity contribution in [2.45, 2.75) is 6.54 Å². The molecule has 0 radical (unpaired) electrons. The molecular formula is C13H12BrNO2S. The zero-order chi connectivity index (χ0) is 13.0. The Kier molecular flexibility index (Phi) is 4.38. The first-order chi connectivity index (χ1) is 8.69. The number of rotatable bonds is 4. The van der Waals surface area contributed by atoms with Gasteiger partial charge in [0.05, 0.1) is 16.5 Å². The van der Waals surface area contributed by atoms with Gasteiger partial charge in [0.25, 0.3) is 0 Å². The number of hydrogen-bond donors (Lipinski definition) is 1.